The lowest BCUT2D eigenvalue weighted by Gasteiger charge is -2.25. The van der Waals surface area contributed by atoms with Crippen molar-refractivity contribution in [2.24, 2.45) is 0 Å². The Kier molecular flexibility index (Phi) is 12.2. The highest BCUT2D eigenvalue weighted by Crippen LogP contribution is 2.40. The van der Waals surface area contributed by atoms with E-state index < -0.39 is 36.6 Å². The van der Waals surface area contributed by atoms with Gasteiger partial charge in [0.2, 0.25) is 15.8 Å². The van der Waals surface area contributed by atoms with Crippen LogP contribution in [0.3, 0.4) is 0 Å². The molecular weight excluding hydrogens is 763 g/mol. The van der Waals surface area contributed by atoms with Gasteiger partial charge in [-0.15, -0.1) is 10.2 Å². The van der Waals surface area contributed by atoms with Gasteiger partial charge in [0.15, 0.2) is 10.7 Å². The maximum absolute atomic E-state index is 15.3. The molecule has 0 saturated heterocycles. The standard InChI is InChI=1S/C38H37N7O9S2/c1-52-30-10-4-25(5-11-30)22-44(23-26-6-12-31(53-2)13-7-26)56(50,51)36-34(55(48)49)17-16-33(28-18-19-39-29(20-28)21-40-38(46)47)35(36)37-41-43-45(42-37)24-27-8-14-32(54-3)15-9-27/h4-20,40,55H,21-24H2,1-3H3,(H,46,47). The number of ether oxygens (including phenoxy) is 3. The van der Waals surface area contributed by atoms with Crippen LogP contribution in [0.4, 0.5) is 4.79 Å². The molecule has 0 aliphatic heterocycles. The molecule has 2 aromatic heterocycles. The Balaban J connectivity index is 1.56. The van der Waals surface area contributed by atoms with Gasteiger partial charge in [-0.3, -0.25) is 4.98 Å². The minimum absolute atomic E-state index is 0.125. The molecule has 0 unspecified atom stereocenters. The topological polar surface area (TPSA) is 205 Å². The van der Waals surface area contributed by atoms with Crippen molar-refractivity contribution < 1.29 is 40.9 Å². The van der Waals surface area contributed by atoms with Gasteiger partial charge in [-0.05, 0) is 87.6 Å². The molecule has 1 amide bonds. The molecule has 2 heterocycles. The number of nitrogens with one attached hydrogen (secondary N) is 1. The second kappa shape index (κ2) is 17.4. The first-order valence-corrected chi connectivity index (χ1v) is 19.5. The molecule has 6 rings (SSSR count). The third-order valence-corrected chi connectivity index (χ3v) is 11.5. The summed E-state index contributed by atoms with van der Waals surface area (Å²) < 4.78 is 73.8. The van der Waals surface area contributed by atoms with Crippen LogP contribution in [-0.4, -0.2) is 78.9 Å². The summed E-state index contributed by atoms with van der Waals surface area (Å²) in [6.45, 7) is -0.322. The Morgan fingerprint density at radius 2 is 1.36 bits per heavy atom. The minimum atomic E-state index is -4.75. The fraction of sp³-hybridized carbons (Fsp3) is 0.184. The fourth-order valence-corrected chi connectivity index (χ4v) is 8.61. The molecule has 0 saturated carbocycles. The van der Waals surface area contributed by atoms with E-state index in [1.54, 1.807) is 79.9 Å². The first kappa shape index (κ1) is 39.3. The molecule has 0 atom stereocenters. The zero-order chi connectivity index (χ0) is 39.8. The van der Waals surface area contributed by atoms with Crippen molar-refractivity contribution in [1.29, 1.82) is 0 Å². The predicted octanol–water partition coefficient (Wildman–Crippen LogP) is 4.61. The zero-order valence-electron chi connectivity index (χ0n) is 30.4. The van der Waals surface area contributed by atoms with E-state index in [0.29, 0.717) is 39.6 Å². The number of thiol groups is 1. The number of carbonyl (C=O) groups is 1. The molecule has 0 spiro atoms. The second-order valence-corrected chi connectivity index (χ2v) is 15.1. The molecule has 0 radical (unpaired) electrons. The number of hydrogen-bond donors (Lipinski definition) is 3. The van der Waals surface area contributed by atoms with Gasteiger partial charge in [0.1, 0.15) is 22.1 Å². The van der Waals surface area contributed by atoms with E-state index >= 15 is 8.42 Å². The number of hydrogen-bond acceptors (Lipinski definition) is 12. The third kappa shape index (κ3) is 9.11. The highest BCUT2D eigenvalue weighted by molar-refractivity contribution is 7.89. The van der Waals surface area contributed by atoms with Gasteiger partial charge in [0, 0.05) is 19.3 Å². The van der Waals surface area contributed by atoms with Gasteiger partial charge in [-0.1, -0.05) is 42.5 Å². The minimum Gasteiger partial charge on any atom is -0.497 e. The number of aromatic nitrogens is 5. The number of sulfonamides is 1. The molecule has 0 aliphatic rings. The monoisotopic (exact) mass is 799 g/mol. The van der Waals surface area contributed by atoms with E-state index in [0.717, 1.165) is 5.56 Å². The maximum Gasteiger partial charge on any atom is 0.404 e. The zero-order valence-corrected chi connectivity index (χ0v) is 32.1. The highest BCUT2D eigenvalue weighted by Gasteiger charge is 2.35. The first-order valence-electron chi connectivity index (χ1n) is 16.9. The molecule has 0 aliphatic carbocycles. The van der Waals surface area contributed by atoms with Gasteiger partial charge in [-0.25, -0.2) is 21.6 Å². The van der Waals surface area contributed by atoms with Crippen molar-refractivity contribution in [2.75, 3.05) is 21.3 Å². The summed E-state index contributed by atoms with van der Waals surface area (Å²) in [6.07, 6.45) is 0.170. The van der Waals surface area contributed by atoms with Crippen LogP contribution in [0.2, 0.25) is 0 Å². The summed E-state index contributed by atoms with van der Waals surface area (Å²) in [5.41, 5.74) is 2.81. The Bertz CT molecular complexity index is 2450. The molecule has 6 aromatic rings. The van der Waals surface area contributed by atoms with Gasteiger partial charge in [-0.2, -0.15) is 9.10 Å². The fourth-order valence-electron chi connectivity index (χ4n) is 5.88. The first-order chi connectivity index (χ1) is 27.0. The number of pyridine rings is 1. The average Bonchev–Trinajstić information content (AvgIpc) is 3.68. The van der Waals surface area contributed by atoms with Crippen LogP contribution in [-0.2, 0) is 46.9 Å². The van der Waals surface area contributed by atoms with Crippen LogP contribution in [0, 0.1) is 0 Å². The van der Waals surface area contributed by atoms with Crippen LogP contribution in [0.15, 0.2) is 113 Å². The van der Waals surface area contributed by atoms with E-state index in [9.17, 15) is 18.3 Å². The molecular formula is C38H37N7O9S2. The quantitative estimate of drug-likeness (QED) is 0.115. The smallest absolute Gasteiger partial charge is 0.404 e. The number of benzene rings is 4. The van der Waals surface area contributed by atoms with E-state index in [2.05, 4.69) is 25.7 Å². The van der Waals surface area contributed by atoms with Gasteiger partial charge >= 0.3 is 6.09 Å². The van der Waals surface area contributed by atoms with Crippen LogP contribution in [0.25, 0.3) is 22.5 Å². The van der Waals surface area contributed by atoms with Crippen LogP contribution in [0.5, 0.6) is 17.2 Å². The largest absolute Gasteiger partial charge is 0.497 e. The normalized spacial score (nSPS) is 11.4. The van der Waals surface area contributed by atoms with Crippen molar-refractivity contribution in [2.45, 2.75) is 36.0 Å². The number of rotatable bonds is 16. The molecule has 4 aromatic carbocycles. The van der Waals surface area contributed by atoms with Crippen LogP contribution < -0.4 is 19.5 Å². The lowest BCUT2D eigenvalue weighted by Crippen LogP contribution is -2.31. The summed E-state index contributed by atoms with van der Waals surface area (Å²) >= 11 is 0. The molecule has 56 heavy (non-hydrogen) atoms. The Labute approximate surface area is 324 Å². The van der Waals surface area contributed by atoms with Crippen molar-refractivity contribution in [1.82, 2.24) is 34.8 Å². The summed E-state index contributed by atoms with van der Waals surface area (Å²) in [5.74, 6) is 1.62. The molecule has 16 nitrogen and oxygen atoms in total. The molecule has 290 valence electrons. The lowest BCUT2D eigenvalue weighted by molar-refractivity contribution is 0.194. The number of nitrogens with zero attached hydrogens (tertiary/aromatic N) is 6. The number of amides is 1. The Hall–Kier alpha value is -6.37. The van der Waals surface area contributed by atoms with Gasteiger partial charge in [0.05, 0.1) is 50.6 Å². The number of tetrazole rings is 1. The van der Waals surface area contributed by atoms with Crippen molar-refractivity contribution in [3.8, 4) is 39.8 Å². The molecule has 18 heteroatoms. The molecule has 0 fully saturated rings. The van der Waals surface area contributed by atoms with Crippen molar-refractivity contribution in [3.05, 3.63) is 126 Å². The number of methoxy groups -OCH3 is 3. The summed E-state index contributed by atoms with van der Waals surface area (Å²) in [5, 5.41) is 24.5. The highest BCUT2D eigenvalue weighted by atomic mass is 32.2. The number of carboxylic acid groups (broad SMARTS) is 1. The maximum atomic E-state index is 15.3. The summed E-state index contributed by atoms with van der Waals surface area (Å²) in [6, 6.07) is 26.7. The van der Waals surface area contributed by atoms with E-state index in [1.165, 1.54) is 41.7 Å². The van der Waals surface area contributed by atoms with Crippen LogP contribution >= 0.6 is 0 Å². The van der Waals surface area contributed by atoms with E-state index in [-0.39, 0.29) is 43.1 Å². The van der Waals surface area contributed by atoms with Crippen molar-refractivity contribution >= 4 is 26.8 Å². The predicted molar refractivity (Wildman–Crippen MR) is 204 cm³/mol. The van der Waals surface area contributed by atoms with Gasteiger partial charge < -0.3 is 24.6 Å². The lowest BCUT2D eigenvalue weighted by atomic mass is 9.99. The SMILES string of the molecule is COc1ccc(CN(Cc2ccc(OC)cc2)S(=O)(=O)c2c([SH](=O)=O)ccc(-c3ccnc(CNC(=O)O)c3)c2-c2nnn(Cc3ccc(OC)cc3)n2)cc1. The summed E-state index contributed by atoms with van der Waals surface area (Å²) in [7, 11) is -3.67. The van der Waals surface area contributed by atoms with E-state index in [4.69, 9.17) is 14.2 Å². The molecule has 0 bridgehead atoms. The van der Waals surface area contributed by atoms with Crippen molar-refractivity contribution in [3.63, 3.8) is 0 Å². The summed E-state index contributed by atoms with van der Waals surface area (Å²) in [4.78, 5) is 15.7. The third-order valence-electron chi connectivity index (χ3n) is 8.68. The second-order valence-electron chi connectivity index (χ2n) is 12.2. The van der Waals surface area contributed by atoms with Gasteiger partial charge in [0.25, 0.3) is 0 Å². The average molecular weight is 800 g/mol. The Morgan fingerprint density at radius 3 is 1.88 bits per heavy atom. The Morgan fingerprint density at radius 1 is 0.804 bits per heavy atom. The van der Waals surface area contributed by atoms with Crippen LogP contribution in [0.1, 0.15) is 22.4 Å². The van der Waals surface area contributed by atoms with E-state index in [1.807, 2.05) is 12.1 Å². The molecule has 2 N–H and O–H groups in total.